The maximum absolute atomic E-state index is 12.6. The lowest BCUT2D eigenvalue weighted by Crippen LogP contribution is -2.48. The molecule has 4 fully saturated rings. The third kappa shape index (κ3) is 4.64. The van der Waals surface area contributed by atoms with Crippen molar-refractivity contribution < 1.29 is 47.5 Å². The Bertz CT molecular complexity index is 570. The molecule has 4 aliphatic heterocycles. The SMILES string of the molecule is CC1(C)OC(C(=O)OCC2CO2)[C@H](C2OC(C)(C)O[C@@H]2C(=O)OC[C@@H]2CO2)O1. The molecule has 0 amide bonds. The van der Waals surface area contributed by atoms with Crippen molar-refractivity contribution in [3.05, 3.63) is 0 Å². The largest absolute Gasteiger partial charge is 0.461 e. The van der Waals surface area contributed by atoms with E-state index >= 15 is 0 Å². The van der Waals surface area contributed by atoms with Gasteiger partial charge in [-0.2, -0.15) is 0 Å². The van der Waals surface area contributed by atoms with Gasteiger partial charge >= 0.3 is 11.9 Å². The van der Waals surface area contributed by atoms with Crippen LogP contribution in [0, 0.1) is 0 Å². The van der Waals surface area contributed by atoms with E-state index in [2.05, 4.69) is 0 Å². The first-order valence-corrected chi connectivity index (χ1v) is 9.41. The van der Waals surface area contributed by atoms with Crippen LogP contribution >= 0.6 is 0 Å². The number of rotatable bonds is 7. The minimum atomic E-state index is -1.07. The second-order valence-electron chi connectivity index (χ2n) is 8.21. The summed E-state index contributed by atoms with van der Waals surface area (Å²) in [6.45, 7) is 8.13. The summed E-state index contributed by atoms with van der Waals surface area (Å²) in [5, 5.41) is 0. The zero-order valence-corrected chi connectivity index (χ0v) is 16.4. The highest BCUT2D eigenvalue weighted by Gasteiger charge is 2.58. The van der Waals surface area contributed by atoms with Gasteiger partial charge in [-0.3, -0.25) is 0 Å². The normalized spacial score (nSPS) is 40.1. The fraction of sp³-hybridized carbons (Fsp3) is 0.889. The number of carbonyl (C=O) groups excluding carboxylic acids is 2. The van der Waals surface area contributed by atoms with Gasteiger partial charge in [0.2, 0.25) is 0 Å². The predicted molar refractivity (Wildman–Crippen MR) is 89.0 cm³/mol. The zero-order valence-electron chi connectivity index (χ0n) is 16.4. The molecule has 0 N–H and O–H groups in total. The van der Waals surface area contributed by atoms with Gasteiger partial charge in [0.05, 0.1) is 13.2 Å². The first-order valence-electron chi connectivity index (χ1n) is 9.41. The molecular weight excluding hydrogens is 376 g/mol. The number of esters is 2. The van der Waals surface area contributed by atoms with Crippen molar-refractivity contribution in [2.75, 3.05) is 26.4 Å². The van der Waals surface area contributed by atoms with Crippen LogP contribution in [0.1, 0.15) is 27.7 Å². The van der Waals surface area contributed by atoms with Gasteiger partial charge in [0.1, 0.15) is 37.6 Å². The molecule has 6 atom stereocenters. The molecule has 0 bridgehead atoms. The van der Waals surface area contributed by atoms with Crippen molar-refractivity contribution in [3.63, 3.8) is 0 Å². The molecule has 4 rings (SSSR count). The van der Waals surface area contributed by atoms with Crippen LogP contribution in [0.4, 0.5) is 0 Å². The molecule has 158 valence electrons. The van der Waals surface area contributed by atoms with Gasteiger partial charge in [0, 0.05) is 0 Å². The van der Waals surface area contributed by atoms with Crippen LogP contribution in [0.5, 0.6) is 0 Å². The van der Waals surface area contributed by atoms with E-state index in [1.807, 2.05) is 0 Å². The Kier molecular flexibility index (Phi) is 5.13. The molecule has 28 heavy (non-hydrogen) atoms. The topological polar surface area (TPSA) is 115 Å². The minimum Gasteiger partial charge on any atom is -0.461 e. The Hall–Kier alpha value is -1.30. The zero-order chi connectivity index (χ0) is 20.1. The van der Waals surface area contributed by atoms with E-state index in [1.165, 1.54) is 0 Å². The molecule has 0 saturated carbocycles. The van der Waals surface area contributed by atoms with E-state index in [0.717, 1.165) is 0 Å². The van der Waals surface area contributed by atoms with Crippen molar-refractivity contribution in [2.45, 2.75) is 75.9 Å². The van der Waals surface area contributed by atoms with Crippen molar-refractivity contribution >= 4 is 11.9 Å². The van der Waals surface area contributed by atoms with Gasteiger partial charge in [-0.1, -0.05) is 0 Å². The smallest absolute Gasteiger partial charge is 0.338 e. The quantitative estimate of drug-likeness (QED) is 0.423. The summed E-state index contributed by atoms with van der Waals surface area (Å²) >= 11 is 0. The Morgan fingerprint density at radius 3 is 1.43 bits per heavy atom. The molecular formula is C18H26O10. The summed E-state index contributed by atoms with van der Waals surface area (Å²) in [5.41, 5.74) is 0. The van der Waals surface area contributed by atoms with Gasteiger partial charge < -0.3 is 37.9 Å². The molecule has 3 unspecified atom stereocenters. The van der Waals surface area contributed by atoms with Crippen molar-refractivity contribution in [2.24, 2.45) is 0 Å². The van der Waals surface area contributed by atoms with E-state index in [9.17, 15) is 9.59 Å². The predicted octanol–water partition coefficient (Wildman–Crippen LogP) is -0.0894. The maximum Gasteiger partial charge on any atom is 0.338 e. The van der Waals surface area contributed by atoms with Crippen LogP contribution < -0.4 is 0 Å². The standard InChI is InChI=1S/C18H26O10/c1-17(2)25-11(13(27-17)15(19)23-7-9-5-21-9)12-14(28-18(3,4)26-12)16(20)24-8-10-6-22-10/h9-14H,5-8H2,1-4H3/t9-,10?,11?,12-,13-,14?/m0/s1. The minimum absolute atomic E-state index is 0.0740. The second kappa shape index (κ2) is 7.19. The molecule has 0 spiro atoms. The number of carbonyl (C=O) groups is 2. The fourth-order valence-corrected chi connectivity index (χ4v) is 3.27. The average Bonchev–Trinajstić information content (AvgIpc) is 3.52. The van der Waals surface area contributed by atoms with Crippen molar-refractivity contribution in [3.8, 4) is 0 Å². The van der Waals surface area contributed by atoms with Gasteiger partial charge in [0.15, 0.2) is 23.8 Å². The number of hydrogen-bond acceptors (Lipinski definition) is 10. The summed E-state index contributed by atoms with van der Waals surface area (Å²) in [6.07, 6.45) is -4.10. The molecule has 4 heterocycles. The summed E-state index contributed by atoms with van der Waals surface area (Å²) in [5.74, 6) is -3.32. The van der Waals surface area contributed by atoms with E-state index < -0.39 is 47.9 Å². The fourth-order valence-electron chi connectivity index (χ4n) is 3.27. The van der Waals surface area contributed by atoms with E-state index in [-0.39, 0.29) is 25.4 Å². The number of ether oxygens (including phenoxy) is 8. The molecule has 0 aromatic rings. The Balaban J connectivity index is 1.48. The summed E-state index contributed by atoms with van der Waals surface area (Å²) in [4.78, 5) is 25.2. The molecule has 10 heteroatoms. The first-order chi connectivity index (χ1) is 13.1. The molecule has 0 aromatic carbocycles. The van der Waals surface area contributed by atoms with E-state index in [1.54, 1.807) is 27.7 Å². The highest BCUT2D eigenvalue weighted by molar-refractivity contribution is 5.78. The molecule has 0 aliphatic carbocycles. The molecule has 10 nitrogen and oxygen atoms in total. The lowest BCUT2D eigenvalue weighted by atomic mass is 10.0. The molecule has 0 radical (unpaired) electrons. The highest BCUT2D eigenvalue weighted by Crippen LogP contribution is 2.39. The van der Waals surface area contributed by atoms with Crippen molar-refractivity contribution in [1.29, 1.82) is 0 Å². The molecule has 4 saturated heterocycles. The van der Waals surface area contributed by atoms with Crippen LogP contribution in [0.2, 0.25) is 0 Å². The van der Waals surface area contributed by atoms with Crippen LogP contribution in [0.3, 0.4) is 0 Å². The van der Waals surface area contributed by atoms with Crippen molar-refractivity contribution in [1.82, 2.24) is 0 Å². The lowest BCUT2D eigenvalue weighted by molar-refractivity contribution is -0.177. The summed E-state index contributed by atoms with van der Waals surface area (Å²) < 4.78 is 44.0. The average molecular weight is 402 g/mol. The third-order valence-corrected chi connectivity index (χ3v) is 4.67. The highest BCUT2D eigenvalue weighted by atomic mass is 16.8. The van der Waals surface area contributed by atoms with Crippen LogP contribution in [0.15, 0.2) is 0 Å². The van der Waals surface area contributed by atoms with Gasteiger partial charge in [0.25, 0.3) is 0 Å². The molecule has 4 aliphatic rings. The third-order valence-electron chi connectivity index (χ3n) is 4.67. The Morgan fingerprint density at radius 2 is 1.11 bits per heavy atom. The lowest BCUT2D eigenvalue weighted by Gasteiger charge is -2.24. The van der Waals surface area contributed by atoms with Crippen LogP contribution in [0.25, 0.3) is 0 Å². The summed E-state index contributed by atoms with van der Waals surface area (Å²) in [6, 6.07) is 0. The van der Waals surface area contributed by atoms with E-state index in [4.69, 9.17) is 37.9 Å². The van der Waals surface area contributed by atoms with Gasteiger partial charge in [-0.05, 0) is 27.7 Å². The number of hydrogen-bond donors (Lipinski definition) is 0. The van der Waals surface area contributed by atoms with Gasteiger partial charge in [-0.15, -0.1) is 0 Å². The Morgan fingerprint density at radius 1 is 0.750 bits per heavy atom. The Labute approximate surface area is 162 Å². The second-order valence-corrected chi connectivity index (χ2v) is 8.21. The maximum atomic E-state index is 12.6. The van der Waals surface area contributed by atoms with Crippen LogP contribution in [-0.4, -0.2) is 86.6 Å². The molecule has 0 aromatic heterocycles. The van der Waals surface area contributed by atoms with Crippen LogP contribution in [-0.2, 0) is 47.5 Å². The van der Waals surface area contributed by atoms with Gasteiger partial charge in [-0.25, -0.2) is 9.59 Å². The number of epoxide rings is 2. The van der Waals surface area contributed by atoms with E-state index in [0.29, 0.717) is 13.2 Å². The first kappa shape index (κ1) is 20.0. The monoisotopic (exact) mass is 402 g/mol. The summed E-state index contributed by atoms with van der Waals surface area (Å²) in [7, 11) is 0.